The van der Waals surface area contributed by atoms with E-state index in [0.29, 0.717) is 27.9 Å². The van der Waals surface area contributed by atoms with Crippen LogP contribution in [0.15, 0.2) is 66.7 Å². The highest BCUT2D eigenvalue weighted by Gasteiger charge is 2.06. The summed E-state index contributed by atoms with van der Waals surface area (Å²) < 4.78 is 5.52. The first-order valence-electron chi connectivity index (χ1n) is 8.49. The molecular weight excluding hydrogens is 395 g/mol. The second-order valence-electron chi connectivity index (χ2n) is 6.01. The SMILES string of the molecule is N#Cc1ccc(-c2ccc(OCC(=O)NCc3ccc(Cl)cc3Cl)cc2)cc1. The lowest BCUT2D eigenvalue weighted by Crippen LogP contribution is -2.28. The average molecular weight is 411 g/mol. The molecule has 0 heterocycles. The number of ether oxygens (including phenoxy) is 1. The average Bonchev–Trinajstić information content (AvgIpc) is 2.72. The first-order valence-corrected chi connectivity index (χ1v) is 9.25. The molecule has 0 atom stereocenters. The van der Waals surface area contributed by atoms with Crippen LogP contribution < -0.4 is 10.1 Å². The molecule has 140 valence electrons. The smallest absolute Gasteiger partial charge is 0.258 e. The zero-order valence-corrected chi connectivity index (χ0v) is 16.3. The van der Waals surface area contributed by atoms with Gasteiger partial charge in [0.1, 0.15) is 5.75 Å². The number of amides is 1. The maximum absolute atomic E-state index is 12.0. The molecule has 0 radical (unpaired) electrons. The molecule has 1 N–H and O–H groups in total. The number of rotatable bonds is 6. The van der Waals surface area contributed by atoms with Gasteiger partial charge in [0.2, 0.25) is 0 Å². The Morgan fingerprint density at radius 1 is 0.964 bits per heavy atom. The third kappa shape index (κ3) is 5.26. The predicted octanol–water partition coefficient (Wildman–Crippen LogP) is 5.23. The molecule has 0 aromatic heterocycles. The van der Waals surface area contributed by atoms with Gasteiger partial charge in [0.25, 0.3) is 5.91 Å². The van der Waals surface area contributed by atoms with Crippen LogP contribution in [0.5, 0.6) is 5.75 Å². The number of hydrogen-bond donors (Lipinski definition) is 1. The summed E-state index contributed by atoms with van der Waals surface area (Å²) in [6.07, 6.45) is 0. The molecule has 6 heteroatoms. The summed E-state index contributed by atoms with van der Waals surface area (Å²) in [5.41, 5.74) is 3.41. The number of halogens is 2. The molecule has 4 nitrogen and oxygen atoms in total. The zero-order valence-electron chi connectivity index (χ0n) is 14.8. The van der Waals surface area contributed by atoms with Gasteiger partial charge in [-0.3, -0.25) is 4.79 Å². The van der Waals surface area contributed by atoms with E-state index < -0.39 is 0 Å². The number of carbonyl (C=O) groups excluding carboxylic acids is 1. The lowest BCUT2D eigenvalue weighted by molar-refractivity contribution is -0.123. The van der Waals surface area contributed by atoms with Crippen LogP contribution in [0.25, 0.3) is 11.1 Å². The number of benzene rings is 3. The maximum atomic E-state index is 12.0. The van der Waals surface area contributed by atoms with Crippen molar-refractivity contribution in [2.45, 2.75) is 6.54 Å². The van der Waals surface area contributed by atoms with E-state index in [-0.39, 0.29) is 12.5 Å². The Kier molecular flexibility index (Phi) is 6.54. The fraction of sp³-hybridized carbons (Fsp3) is 0.0909. The Balaban J connectivity index is 1.51. The summed E-state index contributed by atoms with van der Waals surface area (Å²) in [6, 6.07) is 22.0. The normalized spacial score (nSPS) is 10.2. The molecule has 0 spiro atoms. The Bertz CT molecular complexity index is 1010. The van der Waals surface area contributed by atoms with Gasteiger partial charge in [-0.2, -0.15) is 5.26 Å². The summed E-state index contributed by atoms with van der Waals surface area (Å²) in [5.74, 6) is 0.347. The van der Waals surface area contributed by atoms with E-state index in [9.17, 15) is 4.79 Å². The standard InChI is InChI=1S/C22H16Cl2N2O2/c23-19-8-5-18(21(24)11-19)13-26-22(27)14-28-20-9-6-17(7-10-20)16-3-1-15(12-25)2-4-16/h1-11H,13-14H2,(H,26,27). The van der Waals surface area contributed by atoms with Crippen molar-refractivity contribution in [2.24, 2.45) is 0 Å². The lowest BCUT2D eigenvalue weighted by Gasteiger charge is -2.09. The van der Waals surface area contributed by atoms with Crippen molar-refractivity contribution in [2.75, 3.05) is 6.61 Å². The molecule has 0 aliphatic carbocycles. The van der Waals surface area contributed by atoms with Gasteiger partial charge in [-0.1, -0.05) is 53.5 Å². The molecular formula is C22H16Cl2N2O2. The number of nitrogens with zero attached hydrogens (tertiary/aromatic N) is 1. The molecule has 3 aromatic carbocycles. The second kappa shape index (κ2) is 9.27. The molecule has 3 aromatic rings. The third-order valence-corrected chi connectivity index (χ3v) is 4.65. The molecule has 0 saturated heterocycles. The largest absolute Gasteiger partial charge is 0.484 e. The molecule has 0 unspecified atom stereocenters. The van der Waals surface area contributed by atoms with Crippen LogP contribution in [-0.4, -0.2) is 12.5 Å². The minimum absolute atomic E-state index is 0.0958. The zero-order chi connectivity index (χ0) is 19.9. The fourth-order valence-corrected chi connectivity index (χ4v) is 3.01. The summed E-state index contributed by atoms with van der Waals surface area (Å²) in [6.45, 7) is 0.206. The van der Waals surface area contributed by atoms with Crippen molar-refractivity contribution in [3.05, 3.63) is 87.9 Å². The molecule has 0 fully saturated rings. The van der Waals surface area contributed by atoms with E-state index in [1.807, 2.05) is 24.3 Å². The van der Waals surface area contributed by atoms with Gasteiger partial charge in [0.15, 0.2) is 6.61 Å². The maximum Gasteiger partial charge on any atom is 0.258 e. The Morgan fingerprint density at radius 3 is 2.21 bits per heavy atom. The first-order chi connectivity index (χ1) is 13.5. The van der Waals surface area contributed by atoms with E-state index in [0.717, 1.165) is 16.7 Å². The Morgan fingerprint density at radius 2 is 1.61 bits per heavy atom. The topological polar surface area (TPSA) is 62.1 Å². The summed E-state index contributed by atoms with van der Waals surface area (Å²) in [4.78, 5) is 12.0. The van der Waals surface area contributed by atoms with Crippen LogP contribution in [0.3, 0.4) is 0 Å². The van der Waals surface area contributed by atoms with Gasteiger partial charge >= 0.3 is 0 Å². The fourth-order valence-electron chi connectivity index (χ4n) is 2.54. The monoisotopic (exact) mass is 410 g/mol. The van der Waals surface area contributed by atoms with Crippen LogP contribution in [0.1, 0.15) is 11.1 Å². The first kappa shape index (κ1) is 19.8. The second-order valence-corrected chi connectivity index (χ2v) is 6.86. The van der Waals surface area contributed by atoms with Crippen molar-refractivity contribution < 1.29 is 9.53 Å². The minimum atomic E-state index is -0.248. The number of nitrogens with one attached hydrogen (secondary N) is 1. The van der Waals surface area contributed by atoms with E-state index in [2.05, 4.69) is 11.4 Å². The Labute approximate surface area is 173 Å². The predicted molar refractivity (Wildman–Crippen MR) is 110 cm³/mol. The third-order valence-electron chi connectivity index (χ3n) is 4.06. The van der Waals surface area contributed by atoms with Gasteiger partial charge in [0, 0.05) is 16.6 Å². The van der Waals surface area contributed by atoms with Gasteiger partial charge < -0.3 is 10.1 Å². The van der Waals surface area contributed by atoms with Crippen LogP contribution >= 0.6 is 23.2 Å². The van der Waals surface area contributed by atoms with E-state index in [4.69, 9.17) is 33.2 Å². The van der Waals surface area contributed by atoms with E-state index in [1.165, 1.54) is 0 Å². The minimum Gasteiger partial charge on any atom is -0.484 e. The summed E-state index contributed by atoms with van der Waals surface area (Å²) in [7, 11) is 0. The number of carbonyl (C=O) groups is 1. The van der Waals surface area contributed by atoms with Crippen molar-refractivity contribution in [1.82, 2.24) is 5.32 Å². The van der Waals surface area contributed by atoms with Crippen LogP contribution in [0, 0.1) is 11.3 Å². The summed E-state index contributed by atoms with van der Waals surface area (Å²) in [5, 5.41) is 12.7. The van der Waals surface area contributed by atoms with E-state index >= 15 is 0 Å². The lowest BCUT2D eigenvalue weighted by atomic mass is 10.0. The highest BCUT2D eigenvalue weighted by molar-refractivity contribution is 6.35. The highest BCUT2D eigenvalue weighted by Crippen LogP contribution is 2.23. The highest BCUT2D eigenvalue weighted by atomic mass is 35.5. The van der Waals surface area contributed by atoms with Crippen LogP contribution in [0.2, 0.25) is 10.0 Å². The van der Waals surface area contributed by atoms with Crippen molar-refractivity contribution in [1.29, 1.82) is 5.26 Å². The number of nitriles is 1. The van der Waals surface area contributed by atoms with Gasteiger partial charge in [-0.15, -0.1) is 0 Å². The molecule has 3 rings (SSSR count). The van der Waals surface area contributed by atoms with Gasteiger partial charge in [-0.25, -0.2) is 0 Å². The summed E-state index contributed by atoms with van der Waals surface area (Å²) >= 11 is 11.9. The molecule has 0 aliphatic rings. The number of hydrogen-bond acceptors (Lipinski definition) is 3. The molecule has 1 amide bonds. The van der Waals surface area contributed by atoms with Crippen LogP contribution in [0.4, 0.5) is 0 Å². The van der Waals surface area contributed by atoms with Gasteiger partial charge in [-0.05, 0) is 53.1 Å². The van der Waals surface area contributed by atoms with Crippen molar-refractivity contribution >= 4 is 29.1 Å². The van der Waals surface area contributed by atoms with Gasteiger partial charge in [0.05, 0.1) is 11.6 Å². The molecule has 0 bridgehead atoms. The van der Waals surface area contributed by atoms with Crippen molar-refractivity contribution in [3.8, 4) is 22.9 Å². The van der Waals surface area contributed by atoms with Crippen LogP contribution in [-0.2, 0) is 11.3 Å². The van der Waals surface area contributed by atoms with E-state index in [1.54, 1.807) is 42.5 Å². The molecule has 0 saturated carbocycles. The van der Waals surface area contributed by atoms with Crippen molar-refractivity contribution in [3.63, 3.8) is 0 Å². The quantitative estimate of drug-likeness (QED) is 0.605. The molecule has 28 heavy (non-hydrogen) atoms. The Hall–Kier alpha value is -3.00. The molecule has 0 aliphatic heterocycles.